The smallest absolute Gasteiger partial charge is 0.265 e. The quantitative estimate of drug-likeness (QED) is 0.406. The van der Waals surface area contributed by atoms with Crippen molar-refractivity contribution in [2.45, 2.75) is 19.0 Å². The first-order valence-electron chi connectivity index (χ1n) is 12.8. The molecule has 2 heterocycles. The summed E-state index contributed by atoms with van der Waals surface area (Å²) in [5.41, 5.74) is 10.0. The molecule has 2 unspecified atom stereocenters. The van der Waals surface area contributed by atoms with E-state index in [-0.39, 0.29) is 29.5 Å². The first-order valence-corrected chi connectivity index (χ1v) is 13.6. The Kier molecular flexibility index (Phi) is 8.28. The molecule has 1 fully saturated rings. The van der Waals surface area contributed by atoms with E-state index in [1.54, 1.807) is 19.1 Å². The van der Waals surface area contributed by atoms with Crippen LogP contribution in [0.1, 0.15) is 18.5 Å². The Balaban J connectivity index is 1.38. The summed E-state index contributed by atoms with van der Waals surface area (Å²) in [6, 6.07) is 17.8. The van der Waals surface area contributed by atoms with Crippen molar-refractivity contribution in [1.29, 1.82) is 0 Å². The maximum Gasteiger partial charge on any atom is 0.265 e. The number of nitrogens with two attached hydrogens (primary N) is 1. The lowest BCUT2D eigenvalue weighted by Gasteiger charge is -2.35. The van der Waals surface area contributed by atoms with Gasteiger partial charge in [0, 0.05) is 31.4 Å². The maximum atomic E-state index is 13.6. The minimum Gasteiger partial charge on any atom is -0.482 e. The van der Waals surface area contributed by atoms with Gasteiger partial charge in [0.15, 0.2) is 6.61 Å². The van der Waals surface area contributed by atoms with Gasteiger partial charge in [-0.3, -0.25) is 19.4 Å². The molecule has 0 bridgehead atoms. The van der Waals surface area contributed by atoms with Gasteiger partial charge in [0.2, 0.25) is 5.91 Å². The minimum absolute atomic E-state index is 0.188. The highest BCUT2D eigenvalue weighted by molar-refractivity contribution is 6.42. The molecule has 5 rings (SSSR count). The summed E-state index contributed by atoms with van der Waals surface area (Å²) >= 11 is 12.4. The fraction of sp³-hybridized carbons (Fsp3) is 0.310. The topological polar surface area (TPSA) is 97.1 Å². The molecule has 0 saturated carbocycles. The third kappa shape index (κ3) is 6.15. The molecule has 2 aliphatic rings. The fourth-order valence-corrected chi connectivity index (χ4v) is 5.17. The zero-order valence-electron chi connectivity index (χ0n) is 21.5. The number of fused-ring (bicyclic) bond motifs is 1. The van der Waals surface area contributed by atoms with E-state index < -0.39 is 6.04 Å². The van der Waals surface area contributed by atoms with Crippen LogP contribution in [0.5, 0.6) is 5.75 Å². The van der Waals surface area contributed by atoms with E-state index in [4.69, 9.17) is 38.4 Å². The summed E-state index contributed by atoms with van der Waals surface area (Å²) in [4.78, 5) is 30.2. The molecule has 0 aromatic heterocycles. The molecule has 2 aliphatic heterocycles. The van der Waals surface area contributed by atoms with Crippen molar-refractivity contribution in [3.8, 4) is 16.9 Å². The number of rotatable bonds is 7. The van der Waals surface area contributed by atoms with Crippen LogP contribution in [0.2, 0.25) is 10.0 Å². The second-order valence-corrected chi connectivity index (χ2v) is 10.5. The van der Waals surface area contributed by atoms with Gasteiger partial charge >= 0.3 is 0 Å². The molecule has 2 amide bonds. The number of hydrogen-bond acceptors (Lipinski definition) is 6. The Morgan fingerprint density at radius 2 is 1.62 bits per heavy atom. The summed E-state index contributed by atoms with van der Waals surface area (Å²) in [5.74, 6) is -0.212. The molecule has 10 heteroatoms. The summed E-state index contributed by atoms with van der Waals surface area (Å²) in [5, 5.41) is 3.78. The Bertz CT molecular complexity index is 1340. The number of carbonyl (C=O) groups excluding carboxylic acids is 2. The van der Waals surface area contributed by atoms with Gasteiger partial charge in [-0.25, -0.2) is 0 Å². The van der Waals surface area contributed by atoms with Crippen LogP contribution < -0.4 is 20.7 Å². The molecule has 2 atom stereocenters. The van der Waals surface area contributed by atoms with E-state index >= 15 is 0 Å². The Morgan fingerprint density at radius 3 is 2.28 bits per heavy atom. The number of nitrogens with one attached hydrogen (secondary N) is 1. The highest BCUT2D eigenvalue weighted by Crippen LogP contribution is 2.39. The van der Waals surface area contributed by atoms with E-state index in [9.17, 15) is 9.59 Å². The number of morpholine rings is 1. The standard InChI is InChI=1S/C29H30Cl2N4O4/c1-18(35-26-14-23(30)24(31)15-27(26)39-17-28(35)36)29(37)33-25(16-34-10-12-38-13-11-34)21-4-2-19(3-5-21)20-6-8-22(32)9-7-20/h2-9,14-15,18,25H,10-13,16-17,32H2,1H3,(H,33,37). The van der Waals surface area contributed by atoms with Crippen LogP contribution in [0.3, 0.4) is 0 Å². The van der Waals surface area contributed by atoms with Gasteiger partial charge in [-0.1, -0.05) is 59.6 Å². The number of benzene rings is 3. The number of anilines is 2. The predicted octanol–water partition coefficient (Wildman–Crippen LogP) is 4.55. The van der Waals surface area contributed by atoms with Gasteiger partial charge in [0.25, 0.3) is 5.91 Å². The third-order valence-electron chi connectivity index (χ3n) is 7.07. The van der Waals surface area contributed by atoms with Crippen molar-refractivity contribution >= 4 is 46.4 Å². The zero-order valence-corrected chi connectivity index (χ0v) is 23.0. The molecule has 3 aromatic carbocycles. The number of carbonyl (C=O) groups is 2. The molecule has 0 radical (unpaired) electrons. The van der Waals surface area contributed by atoms with Gasteiger partial charge in [-0.2, -0.15) is 0 Å². The molecule has 1 saturated heterocycles. The molecule has 8 nitrogen and oxygen atoms in total. The molecule has 3 aromatic rings. The van der Waals surface area contributed by atoms with Gasteiger partial charge < -0.3 is 20.5 Å². The fourth-order valence-electron chi connectivity index (χ4n) is 4.86. The van der Waals surface area contributed by atoms with Crippen molar-refractivity contribution in [3.05, 3.63) is 76.3 Å². The lowest BCUT2D eigenvalue weighted by molar-refractivity contribution is -0.128. The predicted molar refractivity (Wildman–Crippen MR) is 153 cm³/mol. The minimum atomic E-state index is -0.807. The number of nitrogen functional groups attached to an aromatic ring is 1. The van der Waals surface area contributed by atoms with Crippen LogP contribution in [0, 0.1) is 0 Å². The largest absolute Gasteiger partial charge is 0.482 e. The molecule has 3 N–H and O–H groups in total. The second kappa shape index (κ2) is 11.8. The second-order valence-electron chi connectivity index (χ2n) is 9.68. The van der Waals surface area contributed by atoms with Crippen molar-refractivity contribution in [2.75, 3.05) is 50.1 Å². The molecular formula is C29H30Cl2N4O4. The van der Waals surface area contributed by atoms with Gasteiger partial charge in [-0.05, 0) is 41.8 Å². The van der Waals surface area contributed by atoms with Gasteiger partial charge in [0.1, 0.15) is 11.8 Å². The van der Waals surface area contributed by atoms with E-state index in [1.807, 2.05) is 48.5 Å². The summed E-state index contributed by atoms with van der Waals surface area (Å²) in [6.07, 6.45) is 0. The summed E-state index contributed by atoms with van der Waals surface area (Å²) in [7, 11) is 0. The number of ether oxygens (including phenoxy) is 2. The summed E-state index contributed by atoms with van der Waals surface area (Å²) < 4.78 is 11.1. The van der Waals surface area contributed by atoms with Crippen LogP contribution in [0.25, 0.3) is 11.1 Å². The molecule has 0 spiro atoms. The first kappa shape index (κ1) is 27.3. The van der Waals surface area contributed by atoms with Gasteiger partial charge in [-0.15, -0.1) is 0 Å². The lowest BCUT2D eigenvalue weighted by Crippen LogP contribution is -2.53. The normalized spacial score (nSPS) is 17.2. The SMILES string of the molecule is CC(C(=O)NC(CN1CCOCC1)c1ccc(-c2ccc(N)cc2)cc1)N1C(=O)COc2cc(Cl)c(Cl)cc21. The molecule has 0 aliphatic carbocycles. The Labute approximate surface area is 237 Å². The first-order chi connectivity index (χ1) is 18.8. The van der Waals surface area contributed by atoms with Crippen molar-refractivity contribution in [2.24, 2.45) is 0 Å². The van der Waals surface area contributed by atoms with Crippen molar-refractivity contribution < 1.29 is 19.1 Å². The van der Waals surface area contributed by atoms with E-state index in [0.29, 0.717) is 41.9 Å². The molecular weight excluding hydrogens is 539 g/mol. The van der Waals surface area contributed by atoms with Crippen LogP contribution in [0.4, 0.5) is 11.4 Å². The van der Waals surface area contributed by atoms with Crippen LogP contribution in [-0.2, 0) is 14.3 Å². The van der Waals surface area contributed by atoms with Crippen LogP contribution >= 0.6 is 23.2 Å². The zero-order chi connectivity index (χ0) is 27.5. The van der Waals surface area contributed by atoms with Gasteiger partial charge in [0.05, 0.1) is 35.0 Å². The average molecular weight is 569 g/mol. The monoisotopic (exact) mass is 568 g/mol. The Hall–Kier alpha value is -3.30. The number of halogens is 2. The van der Waals surface area contributed by atoms with E-state index in [0.717, 1.165) is 29.8 Å². The number of hydrogen-bond donors (Lipinski definition) is 2. The van der Waals surface area contributed by atoms with Crippen molar-refractivity contribution in [3.63, 3.8) is 0 Å². The van der Waals surface area contributed by atoms with Crippen LogP contribution in [-0.4, -0.2) is 62.2 Å². The van der Waals surface area contributed by atoms with E-state index in [1.165, 1.54) is 4.90 Å². The number of nitrogens with zero attached hydrogens (tertiary/aromatic N) is 2. The van der Waals surface area contributed by atoms with Crippen molar-refractivity contribution in [1.82, 2.24) is 10.2 Å². The molecule has 39 heavy (non-hydrogen) atoms. The van der Waals surface area contributed by atoms with Crippen LogP contribution in [0.15, 0.2) is 60.7 Å². The number of amides is 2. The maximum absolute atomic E-state index is 13.6. The highest BCUT2D eigenvalue weighted by atomic mass is 35.5. The molecule has 204 valence electrons. The average Bonchev–Trinajstić information content (AvgIpc) is 2.94. The summed E-state index contributed by atoms with van der Waals surface area (Å²) in [6.45, 7) is 4.97. The Morgan fingerprint density at radius 1 is 1.00 bits per heavy atom. The lowest BCUT2D eigenvalue weighted by atomic mass is 9.99. The third-order valence-corrected chi connectivity index (χ3v) is 7.79. The van der Waals surface area contributed by atoms with E-state index in [2.05, 4.69) is 10.2 Å². The highest BCUT2D eigenvalue weighted by Gasteiger charge is 2.35.